The summed E-state index contributed by atoms with van der Waals surface area (Å²) in [5, 5.41) is 1.09. The monoisotopic (exact) mass is 274 g/mol. The van der Waals surface area contributed by atoms with Crippen LogP contribution in [0, 0.1) is 6.92 Å². The van der Waals surface area contributed by atoms with Crippen molar-refractivity contribution in [3.8, 4) is 5.69 Å². The highest BCUT2D eigenvalue weighted by Gasteiger charge is 2.10. The molecule has 4 nitrogen and oxygen atoms in total. The Morgan fingerprint density at radius 1 is 1.00 bits per heavy atom. The minimum Gasteiger partial charge on any atom is -0.369 e. The Balaban J connectivity index is 2.03. The fourth-order valence-corrected chi connectivity index (χ4v) is 2.68. The van der Waals surface area contributed by atoms with E-state index in [0.29, 0.717) is 5.95 Å². The third-order valence-electron chi connectivity index (χ3n) is 3.68. The summed E-state index contributed by atoms with van der Waals surface area (Å²) in [6.07, 6.45) is 1.80. The van der Waals surface area contributed by atoms with Gasteiger partial charge in [0, 0.05) is 17.3 Å². The van der Waals surface area contributed by atoms with Crippen LogP contribution in [-0.4, -0.2) is 14.5 Å². The lowest BCUT2D eigenvalue weighted by atomic mass is 10.2. The van der Waals surface area contributed by atoms with Gasteiger partial charge in [-0.3, -0.25) is 9.55 Å². The van der Waals surface area contributed by atoms with Crippen LogP contribution in [-0.2, 0) is 0 Å². The predicted molar refractivity (Wildman–Crippen MR) is 85.5 cm³/mol. The van der Waals surface area contributed by atoms with E-state index in [2.05, 4.69) is 29.0 Å². The lowest BCUT2D eigenvalue weighted by Gasteiger charge is -2.08. The number of imidazole rings is 1. The summed E-state index contributed by atoms with van der Waals surface area (Å²) in [4.78, 5) is 8.78. The van der Waals surface area contributed by atoms with E-state index in [9.17, 15) is 0 Å². The summed E-state index contributed by atoms with van der Waals surface area (Å²) in [7, 11) is 0. The van der Waals surface area contributed by atoms with Crippen LogP contribution in [0.1, 0.15) is 5.56 Å². The van der Waals surface area contributed by atoms with Gasteiger partial charge in [-0.05, 0) is 48.9 Å². The van der Waals surface area contributed by atoms with Crippen molar-refractivity contribution in [2.24, 2.45) is 0 Å². The molecule has 0 aliphatic rings. The first-order valence-electron chi connectivity index (χ1n) is 6.82. The van der Waals surface area contributed by atoms with Gasteiger partial charge in [-0.25, -0.2) is 4.98 Å². The number of aryl methyl sites for hydroxylation is 1. The predicted octanol–water partition coefficient (Wildman–Crippen LogP) is 3.46. The number of pyridine rings is 1. The summed E-state index contributed by atoms with van der Waals surface area (Å²) >= 11 is 0. The smallest absolute Gasteiger partial charge is 0.205 e. The van der Waals surface area contributed by atoms with Gasteiger partial charge in [0.25, 0.3) is 0 Å². The number of anilines is 1. The van der Waals surface area contributed by atoms with Gasteiger partial charge in [0.1, 0.15) is 0 Å². The van der Waals surface area contributed by atoms with Crippen molar-refractivity contribution < 1.29 is 0 Å². The fourth-order valence-electron chi connectivity index (χ4n) is 2.68. The maximum absolute atomic E-state index is 6.12. The number of fused-ring (bicyclic) bond motifs is 2. The lowest BCUT2D eigenvalue weighted by Crippen LogP contribution is -2.00. The average Bonchev–Trinajstić information content (AvgIpc) is 2.82. The van der Waals surface area contributed by atoms with E-state index >= 15 is 0 Å². The fraction of sp³-hybridized carbons (Fsp3) is 0.0588. The molecule has 4 rings (SSSR count). The Hall–Kier alpha value is -2.88. The first-order chi connectivity index (χ1) is 10.2. The van der Waals surface area contributed by atoms with Crippen LogP contribution < -0.4 is 5.73 Å². The Morgan fingerprint density at radius 3 is 2.76 bits per heavy atom. The van der Waals surface area contributed by atoms with Gasteiger partial charge in [-0.15, -0.1) is 0 Å². The molecule has 0 amide bonds. The van der Waals surface area contributed by atoms with Crippen LogP contribution in [0.25, 0.3) is 27.6 Å². The molecule has 4 aromatic rings. The lowest BCUT2D eigenvalue weighted by molar-refractivity contribution is 1.11. The second-order valence-electron chi connectivity index (χ2n) is 5.18. The van der Waals surface area contributed by atoms with E-state index in [0.717, 1.165) is 27.6 Å². The van der Waals surface area contributed by atoms with Crippen molar-refractivity contribution in [1.29, 1.82) is 0 Å². The largest absolute Gasteiger partial charge is 0.369 e. The maximum Gasteiger partial charge on any atom is 0.205 e. The zero-order valence-corrected chi connectivity index (χ0v) is 11.6. The van der Waals surface area contributed by atoms with Gasteiger partial charge < -0.3 is 5.73 Å². The summed E-state index contributed by atoms with van der Waals surface area (Å²) in [5.74, 6) is 0.499. The molecule has 0 spiro atoms. The quantitative estimate of drug-likeness (QED) is 0.578. The molecule has 0 saturated carbocycles. The van der Waals surface area contributed by atoms with Gasteiger partial charge in [0.05, 0.1) is 16.6 Å². The second kappa shape index (κ2) is 4.31. The Kier molecular flexibility index (Phi) is 2.44. The van der Waals surface area contributed by atoms with E-state index in [4.69, 9.17) is 5.73 Å². The standard InChI is InChI=1S/C17H14N4/c1-11-4-6-15-16(9-11)21(17(18)20-15)13-5-7-14-12(10-13)3-2-8-19-14/h2-10H,1H3,(H2,18,20). The number of hydrogen-bond donors (Lipinski definition) is 1. The molecule has 0 fully saturated rings. The van der Waals surface area contributed by atoms with E-state index in [1.165, 1.54) is 5.56 Å². The highest BCUT2D eigenvalue weighted by Crippen LogP contribution is 2.25. The minimum absolute atomic E-state index is 0.499. The molecule has 0 aliphatic carbocycles. The van der Waals surface area contributed by atoms with Gasteiger partial charge in [-0.2, -0.15) is 0 Å². The van der Waals surface area contributed by atoms with Crippen LogP contribution in [0.5, 0.6) is 0 Å². The van der Waals surface area contributed by atoms with E-state index < -0.39 is 0 Å². The molecule has 0 aliphatic heterocycles. The zero-order valence-electron chi connectivity index (χ0n) is 11.6. The molecule has 0 radical (unpaired) electrons. The van der Waals surface area contributed by atoms with Gasteiger partial charge >= 0.3 is 0 Å². The number of nitrogen functional groups attached to an aromatic ring is 1. The number of nitrogens with zero attached hydrogens (tertiary/aromatic N) is 3. The second-order valence-corrected chi connectivity index (χ2v) is 5.18. The number of hydrogen-bond acceptors (Lipinski definition) is 3. The Labute approximate surface area is 121 Å². The van der Waals surface area contributed by atoms with Gasteiger partial charge in [0.2, 0.25) is 5.95 Å². The van der Waals surface area contributed by atoms with E-state index in [-0.39, 0.29) is 0 Å². The zero-order chi connectivity index (χ0) is 14.4. The van der Waals surface area contributed by atoms with Gasteiger partial charge in [-0.1, -0.05) is 12.1 Å². The van der Waals surface area contributed by atoms with Crippen LogP contribution in [0.2, 0.25) is 0 Å². The number of benzene rings is 2. The van der Waals surface area contributed by atoms with E-state index in [1.807, 2.05) is 41.0 Å². The third kappa shape index (κ3) is 1.84. The SMILES string of the molecule is Cc1ccc2nc(N)n(-c3ccc4ncccc4c3)c2c1. The molecule has 0 bridgehead atoms. The number of aromatic nitrogens is 3. The Bertz CT molecular complexity index is 969. The molecule has 0 saturated heterocycles. The minimum atomic E-state index is 0.499. The van der Waals surface area contributed by atoms with Crippen LogP contribution in [0.15, 0.2) is 54.7 Å². The molecule has 102 valence electrons. The molecular weight excluding hydrogens is 260 g/mol. The maximum atomic E-state index is 6.12. The first-order valence-corrected chi connectivity index (χ1v) is 6.82. The normalized spacial score (nSPS) is 11.3. The van der Waals surface area contributed by atoms with Crippen LogP contribution >= 0.6 is 0 Å². The Morgan fingerprint density at radius 2 is 1.86 bits per heavy atom. The molecule has 2 aromatic heterocycles. The average molecular weight is 274 g/mol. The van der Waals surface area contributed by atoms with Crippen LogP contribution in [0.4, 0.5) is 5.95 Å². The van der Waals surface area contributed by atoms with Crippen molar-refractivity contribution in [2.75, 3.05) is 5.73 Å². The molecule has 0 unspecified atom stereocenters. The summed E-state index contributed by atoms with van der Waals surface area (Å²) < 4.78 is 1.98. The molecule has 0 atom stereocenters. The molecule has 2 aromatic carbocycles. The number of nitrogens with two attached hydrogens (primary N) is 1. The third-order valence-corrected chi connectivity index (χ3v) is 3.68. The summed E-state index contributed by atoms with van der Waals surface area (Å²) in [6.45, 7) is 2.07. The van der Waals surface area contributed by atoms with E-state index in [1.54, 1.807) is 6.20 Å². The van der Waals surface area contributed by atoms with Gasteiger partial charge in [0.15, 0.2) is 0 Å². The molecule has 4 heteroatoms. The molecule has 21 heavy (non-hydrogen) atoms. The first kappa shape index (κ1) is 11.9. The highest BCUT2D eigenvalue weighted by molar-refractivity contribution is 5.85. The molecule has 2 N–H and O–H groups in total. The van der Waals surface area contributed by atoms with Crippen LogP contribution in [0.3, 0.4) is 0 Å². The van der Waals surface area contributed by atoms with Crippen molar-refractivity contribution in [3.05, 3.63) is 60.3 Å². The molecule has 2 heterocycles. The van der Waals surface area contributed by atoms with Crippen molar-refractivity contribution >= 4 is 27.9 Å². The van der Waals surface area contributed by atoms with Crippen molar-refractivity contribution in [1.82, 2.24) is 14.5 Å². The van der Waals surface area contributed by atoms with Crippen molar-refractivity contribution in [2.45, 2.75) is 6.92 Å². The topological polar surface area (TPSA) is 56.7 Å². The summed E-state index contributed by atoms with van der Waals surface area (Å²) in [5.41, 5.74) is 11.2. The molecular formula is C17H14N4. The highest BCUT2D eigenvalue weighted by atomic mass is 15.2. The number of rotatable bonds is 1. The van der Waals surface area contributed by atoms with Crippen molar-refractivity contribution in [3.63, 3.8) is 0 Å². The summed E-state index contributed by atoms with van der Waals surface area (Å²) in [6, 6.07) is 16.2.